The van der Waals surface area contributed by atoms with E-state index >= 15 is 0 Å². The molecule has 0 radical (unpaired) electrons. The predicted octanol–water partition coefficient (Wildman–Crippen LogP) is 2.63. The molecule has 1 heterocycles. The lowest BCUT2D eigenvalue weighted by molar-refractivity contribution is 0.0730. The van der Waals surface area contributed by atoms with Gasteiger partial charge in [0, 0.05) is 18.7 Å². The summed E-state index contributed by atoms with van der Waals surface area (Å²) in [5.41, 5.74) is 1.13. The number of ether oxygens (including phenoxy) is 2. The second kappa shape index (κ2) is 11.9. The van der Waals surface area contributed by atoms with Gasteiger partial charge in [0.1, 0.15) is 12.4 Å². The van der Waals surface area contributed by atoms with Gasteiger partial charge in [-0.25, -0.2) is 16.8 Å². The SMILES string of the molecule is Cc1c(NS(=O)(=O)c2ccccc2)cccc1C(=O)NCCOc1ccc(S(=O)(=O)N2CCOCC2)cc1. The van der Waals surface area contributed by atoms with Crippen molar-refractivity contribution in [3.63, 3.8) is 0 Å². The Bertz CT molecular complexity index is 1470. The van der Waals surface area contributed by atoms with Crippen LogP contribution in [0.25, 0.3) is 0 Å². The van der Waals surface area contributed by atoms with E-state index in [-0.39, 0.29) is 28.8 Å². The zero-order chi connectivity index (χ0) is 27.2. The van der Waals surface area contributed by atoms with Crippen molar-refractivity contribution in [1.29, 1.82) is 0 Å². The molecule has 4 rings (SSSR count). The summed E-state index contributed by atoms with van der Waals surface area (Å²) in [7, 11) is -7.38. The third-order valence-corrected chi connectivity index (χ3v) is 9.26. The number of nitrogens with one attached hydrogen (secondary N) is 2. The zero-order valence-electron chi connectivity index (χ0n) is 20.8. The maximum absolute atomic E-state index is 12.7. The Balaban J connectivity index is 1.31. The molecule has 10 nitrogen and oxygen atoms in total. The number of carbonyl (C=O) groups is 1. The lowest BCUT2D eigenvalue weighted by Gasteiger charge is -2.26. The smallest absolute Gasteiger partial charge is 0.261 e. The van der Waals surface area contributed by atoms with E-state index in [1.807, 2.05) is 0 Å². The molecule has 0 unspecified atom stereocenters. The van der Waals surface area contributed by atoms with E-state index in [2.05, 4.69) is 10.0 Å². The number of hydrogen-bond donors (Lipinski definition) is 2. The monoisotopic (exact) mass is 559 g/mol. The van der Waals surface area contributed by atoms with E-state index in [1.54, 1.807) is 55.5 Å². The third kappa shape index (κ3) is 6.51. The van der Waals surface area contributed by atoms with Crippen LogP contribution >= 0.6 is 0 Å². The van der Waals surface area contributed by atoms with E-state index in [0.29, 0.717) is 48.9 Å². The van der Waals surface area contributed by atoms with Crippen LogP contribution in [0.5, 0.6) is 5.75 Å². The first-order valence-electron chi connectivity index (χ1n) is 11.9. The van der Waals surface area contributed by atoms with Gasteiger partial charge in [-0.05, 0) is 61.0 Å². The fraction of sp³-hybridized carbons (Fsp3) is 0.269. The Morgan fingerprint density at radius 3 is 2.26 bits per heavy atom. The molecule has 1 amide bonds. The minimum atomic E-state index is -3.80. The Hall–Kier alpha value is -3.45. The van der Waals surface area contributed by atoms with Gasteiger partial charge in [-0.3, -0.25) is 9.52 Å². The topological polar surface area (TPSA) is 131 Å². The molecule has 3 aromatic carbocycles. The summed E-state index contributed by atoms with van der Waals surface area (Å²) in [6.07, 6.45) is 0. The molecule has 0 aliphatic carbocycles. The number of morpholine rings is 1. The number of rotatable bonds is 10. The van der Waals surface area contributed by atoms with E-state index in [4.69, 9.17) is 9.47 Å². The van der Waals surface area contributed by atoms with Crippen LogP contribution in [0.2, 0.25) is 0 Å². The standard InChI is InChI=1S/C26H29N3O7S2/c1-20-24(8-5-9-25(20)28-37(31,32)22-6-3-2-4-7-22)26(30)27-14-17-36-21-10-12-23(13-11-21)38(33,34)29-15-18-35-19-16-29/h2-13,28H,14-19H2,1H3,(H,27,30). The molecule has 1 aliphatic heterocycles. The lowest BCUT2D eigenvalue weighted by Crippen LogP contribution is -2.40. The van der Waals surface area contributed by atoms with Gasteiger partial charge < -0.3 is 14.8 Å². The van der Waals surface area contributed by atoms with Gasteiger partial charge in [-0.2, -0.15) is 4.31 Å². The Morgan fingerprint density at radius 2 is 1.58 bits per heavy atom. The van der Waals surface area contributed by atoms with Crippen LogP contribution in [0.1, 0.15) is 15.9 Å². The highest BCUT2D eigenvalue weighted by atomic mass is 32.2. The van der Waals surface area contributed by atoms with Gasteiger partial charge in [-0.15, -0.1) is 0 Å². The summed E-state index contributed by atoms with van der Waals surface area (Å²) in [5.74, 6) is 0.0903. The maximum Gasteiger partial charge on any atom is 0.261 e. The van der Waals surface area contributed by atoms with Gasteiger partial charge in [0.05, 0.1) is 35.2 Å². The quantitative estimate of drug-likeness (QED) is 0.365. The third-order valence-electron chi connectivity index (χ3n) is 5.96. The molecule has 1 saturated heterocycles. The molecule has 2 N–H and O–H groups in total. The molecule has 1 fully saturated rings. The summed E-state index contributed by atoms with van der Waals surface area (Å²) in [6, 6.07) is 18.9. The average Bonchev–Trinajstić information content (AvgIpc) is 2.93. The number of amides is 1. The van der Waals surface area contributed by atoms with Crippen molar-refractivity contribution in [2.45, 2.75) is 16.7 Å². The van der Waals surface area contributed by atoms with Crippen molar-refractivity contribution >= 4 is 31.6 Å². The predicted molar refractivity (Wildman–Crippen MR) is 142 cm³/mol. The van der Waals surface area contributed by atoms with Crippen molar-refractivity contribution in [2.24, 2.45) is 0 Å². The van der Waals surface area contributed by atoms with Gasteiger partial charge in [-0.1, -0.05) is 24.3 Å². The summed E-state index contributed by atoms with van der Waals surface area (Å²) >= 11 is 0. The van der Waals surface area contributed by atoms with E-state index < -0.39 is 20.0 Å². The minimum absolute atomic E-state index is 0.123. The highest BCUT2D eigenvalue weighted by Crippen LogP contribution is 2.23. The fourth-order valence-electron chi connectivity index (χ4n) is 3.87. The number of carbonyl (C=O) groups excluding carboxylic acids is 1. The van der Waals surface area contributed by atoms with Crippen LogP contribution < -0.4 is 14.8 Å². The van der Waals surface area contributed by atoms with E-state index in [0.717, 1.165) is 0 Å². The molecule has 38 heavy (non-hydrogen) atoms. The zero-order valence-corrected chi connectivity index (χ0v) is 22.4. The second-order valence-electron chi connectivity index (χ2n) is 8.49. The van der Waals surface area contributed by atoms with Crippen LogP contribution in [-0.4, -0.2) is 66.5 Å². The van der Waals surface area contributed by atoms with Crippen molar-refractivity contribution in [3.8, 4) is 5.75 Å². The second-order valence-corrected chi connectivity index (χ2v) is 12.1. The van der Waals surface area contributed by atoms with Crippen molar-refractivity contribution in [2.75, 3.05) is 44.2 Å². The summed E-state index contributed by atoms with van der Waals surface area (Å²) in [5, 5.41) is 2.75. The molecule has 0 saturated carbocycles. The van der Waals surface area contributed by atoms with Gasteiger partial charge in [0.2, 0.25) is 10.0 Å². The molecular formula is C26H29N3O7S2. The fourth-order valence-corrected chi connectivity index (χ4v) is 6.42. The molecule has 202 valence electrons. The molecule has 0 aromatic heterocycles. The molecule has 12 heteroatoms. The van der Waals surface area contributed by atoms with Crippen LogP contribution in [0, 0.1) is 6.92 Å². The summed E-state index contributed by atoms with van der Waals surface area (Å²) < 4.78 is 65.5. The minimum Gasteiger partial charge on any atom is -0.492 e. The molecule has 0 atom stereocenters. The first kappa shape index (κ1) is 27.6. The highest BCUT2D eigenvalue weighted by molar-refractivity contribution is 7.92. The molecule has 0 spiro atoms. The van der Waals surface area contributed by atoms with Gasteiger partial charge in [0.15, 0.2) is 0 Å². The average molecular weight is 560 g/mol. The largest absolute Gasteiger partial charge is 0.492 e. The molecule has 1 aliphatic rings. The normalized spacial score (nSPS) is 14.6. The van der Waals surface area contributed by atoms with Crippen LogP contribution in [-0.2, 0) is 24.8 Å². The van der Waals surface area contributed by atoms with Crippen LogP contribution in [0.4, 0.5) is 5.69 Å². The number of sulfonamides is 2. The van der Waals surface area contributed by atoms with E-state index in [1.165, 1.54) is 28.6 Å². The first-order chi connectivity index (χ1) is 18.2. The Morgan fingerprint density at radius 1 is 0.895 bits per heavy atom. The molecule has 3 aromatic rings. The van der Waals surface area contributed by atoms with Crippen molar-refractivity contribution in [3.05, 3.63) is 83.9 Å². The van der Waals surface area contributed by atoms with Gasteiger partial charge >= 0.3 is 0 Å². The van der Waals surface area contributed by atoms with Gasteiger partial charge in [0.25, 0.3) is 15.9 Å². The van der Waals surface area contributed by atoms with E-state index in [9.17, 15) is 21.6 Å². The number of anilines is 1. The van der Waals surface area contributed by atoms with Crippen LogP contribution in [0.15, 0.2) is 82.6 Å². The highest BCUT2D eigenvalue weighted by Gasteiger charge is 2.26. The first-order valence-corrected chi connectivity index (χ1v) is 14.9. The lowest BCUT2D eigenvalue weighted by atomic mass is 10.1. The number of benzene rings is 3. The van der Waals surface area contributed by atoms with Crippen LogP contribution in [0.3, 0.4) is 0 Å². The summed E-state index contributed by atoms with van der Waals surface area (Å²) in [4.78, 5) is 13.0. The maximum atomic E-state index is 12.7. The Kier molecular flexibility index (Phi) is 8.67. The Labute approximate surface area is 222 Å². The van der Waals surface area contributed by atoms with Crippen molar-refractivity contribution in [1.82, 2.24) is 9.62 Å². The molecular weight excluding hydrogens is 530 g/mol. The molecule has 0 bridgehead atoms. The number of hydrogen-bond acceptors (Lipinski definition) is 7. The van der Waals surface area contributed by atoms with Crippen molar-refractivity contribution < 1.29 is 31.1 Å². The summed E-state index contributed by atoms with van der Waals surface area (Å²) in [6.45, 7) is 3.40. The number of nitrogens with zero attached hydrogens (tertiary/aromatic N) is 1.